The zero-order chi connectivity index (χ0) is 19.9. The van der Waals surface area contributed by atoms with Gasteiger partial charge < -0.3 is 20.3 Å². The molecule has 4 fully saturated rings. The number of fused-ring (bicyclic) bond motifs is 3. The number of carbonyl (C=O) groups is 1. The van der Waals surface area contributed by atoms with Crippen LogP contribution in [-0.2, 0) is 14.9 Å². The van der Waals surface area contributed by atoms with Gasteiger partial charge in [0.2, 0.25) is 5.66 Å². The molecule has 4 aliphatic heterocycles. The minimum absolute atomic E-state index is 0.258. The van der Waals surface area contributed by atoms with Crippen LogP contribution in [0, 0.1) is 11.3 Å². The highest BCUT2D eigenvalue weighted by Crippen LogP contribution is 2.74. The van der Waals surface area contributed by atoms with Crippen molar-refractivity contribution in [3.63, 3.8) is 0 Å². The van der Waals surface area contributed by atoms with E-state index in [4.69, 9.17) is 4.74 Å². The average molecular weight is 385 g/mol. The van der Waals surface area contributed by atoms with Crippen molar-refractivity contribution in [2.45, 2.75) is 36.9 Å². The van der Waals surface area contributed by atoms with Crippen LogP contribution in [0.4, 0.5) is 5.69 Å². The number of rotatable bonds is 2. The van der Waals surface area contributed by atoms with Gasteiger partial charge in [-0.3, -0.25) is 9.28 Å². The number of allylic oxidation sites excluding steroid dienone is 1. The van der Waals surface area contributed by atoms with E-state index in [1.807, 2.05) is 25.1 Å². The number of nitrogens with one attached hydrogen (secondary N) is 1. The molecule has 3 unspecified atom stereocenters. The molecule has 6 atom stereocenters. The summed E-state index contributed by atoms with van der Waals surface area (Å²) >= 11 is 0. The first kappa shape index (κ1) is 18.2. The van der Waals surface area contributed by atoms with Crippen molar-refractivity contribution in [2.24, 2.45) is 11.3 Å². The standard InChI is InChI=1S/C22H29N2O4/c1-4-14-12-24(2)10-9-21-15-7-5-6-8-17(15)23-22(21,24)18(26)11-16(14)20(21,13-25)19(27)28-3/h4-8,16,18,23,25-26H,9-13H2,1-3H3/q+1/t16-,18-,20?,21+,22?,24?/m1/s1. The summed E-state index contributed by atoms with van der Waals surface area (Å²) < 4.78 is 5.98. The van der Waals surface area contributed by atoms with Gasteiger partial charge in [0.25, 0.3) is 0 Å². The summed E-state index contributed by atoms with van der Waals surface area (Å²) in [7, 11) is 3.59. The highest BCUT2D eigenvalue weighted by atomic mass is 16.5. The Morgan fingerprint density at radius 3 is 2.86 bits per heavy atom. The second-order valence-corrected chi connectivity index (χ2v) is 9.16. The number of para-hydroxylation sites is 1. The molecule has 1 aliphatic carbocycles. The summed E-state index contributed by atoms with van der Waals surface area (Å²) in [5.74, 6) is -0.629. The van der Waals surface area contributed by atoms with Crippen LogP contribution in [0.5, 0.6) is 0 Å². The van der Waals surface area contributed by atoms with E-state index >= 15 is 0 Å². The normalized spacial score (nSPS) is 46.7. The van der Waals surface area contributed by atoms with E-state index in [-0.39, 0.29) is 18.5 Å². The van der Waals surface area contributed by atoms with Gasteiger partial charge in [-0.1, -0.05) is 24.3 Å². The van der Waals surface area contributed by atoms with E-state index in [9.17, 15) is 15.0 Å². The van der Waals surface area contributed by atoms with E-state index in [2.05, 4.69) is 24.5 Å². The lowest BCUT2D eigenvalue weighted by Crippen LogP contribution is -2.78. The Bertz CT molecular complexity index is 900. The van der Waals surface area contributed by atoms with Crippen molar-refractivity contribution in [1.29, 1.82) is 0 Å². The van der Waals surface area contributed by atoms with E-state index in [0.29, 0.717) is 17.3 Å². The Balaban J connectivity index is 1.96. The maximum atomic E-state index is 13.5. The highest BCUT2D eigenvalue weighted by molar-refractivity contribution is 5.85. The number of quaternary nitrogens is 1. The summed E-state index contributed by atoms with van der Waals surface area (Å²) in [6.07, 6.45) is 2.59. The number of hydrogen-bond acceptors (Lipinski definition) is 5. The van der Waals surface area contributed by atoms with Crippen molar-refractivity contribution < 1.29 is 24.2 Å². The molecule has 4 heterocycles. The van der Waals surface area contributed by atoms with Crippen LogP contribution in [0.2, 0.25) is 0 Å². The predicted octanol–water partition coefficient (Wildman–Crippen LogP) is 1.39. The molecule has 3 N–H and O–H groups in total. The van der Waals surface area contributed by atoms with Gasteiger partial charge in [-0.2, -0.15) is 0 Å². The molecule has 150 valence electrons. The van der Waals surface area contributed by atoms with Gasteiger partial charge in [0, 0.05) is 18.0 Å². The van der Waals surface area contributed by atoms with Crippen LogP contribution in [-0.4, -0.2) is 66.3 Å². The molecule has 1 aromatic rings. The summed E-state index contributed by atoms with van der Waals surface area (Å²) in [5, 5.41) is 26.2. The lowest BCUT2D eigenvalue weighted by molar-refractivity contribution is -0.944. The van der Waals surface area contributed by atoms with E-state index in [1.165, 1.54) is 7.11 Å². The summed E-state index contributed by atoms with van der Waals surface area (Å²) in [6.45, 7) is 3.26. The number of anilines is 1. The van der Waals surface area contributed by atoms with Crippen molar-refractivity contribution >= 4 is 11.7 Å². The number of hydrogen-bond donors (Lipinski definition) is 3. The molecular weight excluding hydrogens is 356 g/mol. The number of aliphatic hydroxyl groups is 2. The Morgan fingerprint density at radius 1 is 1.43 bits per heavy atom. The number of esters is 1. The van der Waals surface area contributed by atoms with Crippen molar-refractivity contribution in [3.8, 4) is 0 Å². The number of likely N-dealkylation sites (N-methyl/N-ethyl adjacent to an activating group) is 1. The topological polar surface area (TPSA) is 78.8 Å². The van der Waals surface area contributed by atoms with Gasteiger partial charge in [0.1, 0.15) is 18.1 Å². The molecule has 1 aromatic carbocycles. The summed E-state index contributed by atoms with van der Waals surface area (Å²) in [4.78, 5) is 13.5. The fraction of sp³-hybridized carbons (Fsp3) is 0.591. The number of ether oxygens (including phenoxy) is 1. The first-order valence-corrected chi connectivity index (χ1v) is 10.1. The molecule has 1 spiro atoms. The molecule has 6 rings (SSSR count). The number of aliphatic hydroxyl groups excluding tert-OH is 2. The Labute approximate surface area is 165 Å². The fourth-order valence-corrected chi connectivity index (χ4v) is 7.70. The van der Waals surface area contributed by atoms with Crippen LogP contribution >= 0.6 is 0 Å². The monoisotopic (exact) mass is 385 g/mol. The van der Waals surface area contributed by atoms with E-state index in [0.717, 1.165) is 29.9 Å². The SMILES string of the molecule is CC=C1C[N+]2(C)CC[C@@]34c5ccccc5NC32[C@H](O)C[C@H]1C4(CO)C(=O)OC. The zero-order valence-corrected chi connectivity index (χ0v) is 16.7. The molecule has 3 saturated heterocycles. The van der Waals surface area contributed by atoms with Crippen molar-refractivity contribution in [3.05, 3.63) is 41.5 Å². The third kappa shape index (κ3) is 1.52. The molecule has 1 saturated carbocycles. The molecule has 0 radical (unpaired) electrons. The highest BCUT2D eigenvalue weighted by Gasteiger charge is 2.88. The molecule has 4 bridgehead atoms. The first-order chi connectivity index (χ1) is 13.4. The lowest BCUT2D eigenvalue weighted by atomic mass is 9.45. The minimum atomic E-state index is -1.13. The summed E-state index contributed by atoms with van der Waals surface area (Å²) in [5.41, 5.74) is 0.476. The van der Waals surface area contributed by atoms with Crippen LogP contribution in [0.15, 0.2) is 35.9 Å². The molecule has 5 aliphatic rings. The van der Waals surface area contributed by atoms with Crippen molar-refractivity contribution in [2.75, 3.05) is 39.2 Å². The Morgan fingerprint density at radius 2 is 2.18 bits per heavy atom. The molecular formula is C22H29N2O4+. The smallest absolute Gasteiger partial charge is 0.316 e. The van der Waals surface area contributed by atoms with Gasteiger partial charge >= 0.3 is 5.97 Å². The number of benzene rings is 1. The van der Waals surface area contributed by atoms with Crippen LogP contribution in [0.25, 0.3) is 0 Å². The molecule has 6 heteroatoms. The number of nitrogens with zero attached hydrogens (tertiary/aromatic N) is 1. The number of carbonyl (C=O) groups excluding carboxylic acids is 1. The fourth-order valence-electron chi connectivity index (χ4n) is 7.70. The first-order valence-electron chi connectivity index (χ1n) is 10.1. The number of methoxy groups -OCH3 is 1. The van der Waals surface area contributed by atoms with Crippen LogP contribution < -0.4 is 5.32 Å². The minimum Gasteiger partial charge on any atom is -0.468 e. The quantitative estimate of drug-likeness (QED) is 0.407. The van der Waals surface area contributed by atoms with Crippen LogP contribution in [0.1, 0.15) is 25.3 Å². The largest absolute Gasteiger partial charge is 0.468 e. The molecule has 6 nitrogen and oxygen atoms in total. The van der Waals surface area contributed by atoms with Crippen molar-refractivity contribution in [1.82, 2.24) is 0 Å². The van der Waals surface area contributed by atoms with Gasteiger partial charge in [-0.15, -0.1) is 0 Å². The average Bonchev–Trinajstić information content (AvgIpc) is 3.12. The molecule has 28 heavy (non-hydrogen) atoms. The van der Waals surface area contributed by atoms with Crippen LogP contribution in [0.3, 0.4) is 0 Å². The maximum absolute atomic E-state index is 13.5. The van der Waals surface area contributed by atoms with E-state index in [1.54, 1.807) is 0 Å². The Kier molecular flexibility index (Phi) is 3.49. The maximum Gasteiger partial charge on any atom is 0.316 e. The molecule has 0 aromatic heterocycles. The van der Waals surface area contributed by atoms with Gasteiger partial charge in [0.15, 0.2) is 0 Å². The third-order valence-corrected chi connectivity index (χ3v) is 8.64. The predicted molar refractivity (Wildman–Crippen MR) is 104 cm³/mol. The molecule has 0 amide bonds. The van der Waals surface area contributed by atoms with Gasteiger partial charge in [-0.05, 0) is 30.5 Å². The Hall–Kier alpha value is -1.89. The summed E-state index contributed by atoms with van der Waals surface area (Å²) in [6, 6.07) is 8.04. The lowest BCUT2D eigenvalue weighted by Gasteiger charge is -2.58. The second-order valence-electron chi connectivity index (χ2n) is 9.16. The second kappa shape index (κ2) is 5.38. The van der Waals surface area contributed by atoms with Gasteiger partial charge in [0.05, 0.1) is 32.7 Å². The zero-order valence-electron chi connectivity index (χ0n) is 16.7. The van der Waals surface area contributed by atoms with Gasteiger partial charge in [-0.25, -0.2) is 0 Å². The third-order valence-electron chi connectivity index (χ3n) is 8.64. The van der Waals surface area contributed by atoms with E-state index < -0.39 is 22.6 Å².